The van der Waals surface area contributed by atoms with Crippen molar-refractivity contribution in [3.05, 3.63) is 89.2 Å². The van der Waals surface area contributed by atoms with Gasteiger partial charge < -0.3 is 15.2 Å². The Kier molecular flexibility index (Phi) is 6.51. The lowest BCUT2D eigenvalue weighted by molar-refractivity contribution is 0.0696. The van der Waals surface area contributed by atoms with Gasteiger partial charge in [-0.15, -0.1) is 0 Å². The number of carboxylic acid groups (broad SMARTS) is 1. The van der Waals surface area contributed by atoms with Crippen LogP contribution in [0.4, 0.5) is 10.1 Å². The zero-order valence-corrected chi connectivity index (χ0v) is 18.7. The van der Waals surface area contributed by atoms with E-state index in [0.717, 1.165) is 22.0 Å². The molecule has 1 aliphatic rings. The summed E-state index contributed by atoms with van der Waals surface area (Å²) in [6.45, 7) is 0.432. The van der Waals surface area contributed by atoms with Crippen LogP contribution in [0.3, 0.4) is 0 Å². The highest BCUT2D eigenvalue weighted by molar-refractivity contribution is 7.92. The minimum Gasteiger partial charge on any atom is -0.489 e. The molecule has 0 spiro atoms. The maximum atomic E-state index is 13.6. The highest BCUT2D eigenvalue weighted by atomic mass is 32.2. The average Bonchev–Trinajstić information content (AvgIpc) is 2.83. The first-order valence-electron chi connectivity index (χ1n) is 10.4. The van der Waals surface area contributed by atoms with Crippen molar-refractivity contribution >= 4 is 27.6 Å². The molecular weight excluding hydrogens is 463 g/mol. The number of ether oxygens (including phenoxy) is 1. The second-order valence-electron chi connectivity index (χ2n) is 7.57. The fourth-order valence-electron chi connectivity index (χ4n) is 3.58. The Balaban J connectivity index is 1.49. The van der Waals surface area contributed by atoms with Crippen LogP contribution in [0.2, 0.25) is 0 Å². The Morgan fingerprint density at radius 1 is 1.03 bits per heavy atom. The van der Waals surface area contributed by atoms with Gasteiger partial charge in [-0.25, -0.2) is 17.6 Å². The summed E-state index contributed by atoms with van der Waals surface area (Å²) in [6, 6.07) is 15.6. The number of hydrogen-bond donors (Lipinski definition) is 2. The quantitative estimate of drug-likeness (QED) is 0.533. The van der Waals surface area contributed by atoms with Crippen molar-refractivity contribution in [1.82, 2.24) is 5.32 Å². The molecule has 0 bridgehead atoms. The minimum atomic E-state index is -4.06. The molecule has 1 aliphatic heterocycles. The number of rotatable bonds is 7. The van der Waals surface area contributed by atoms with E-state index in [-0.39, 0.29) is 34.9 Å². The zero-order chi connectivity index (χ0) is 24.3. The van der Waals surface area contributed by atoms with Gasteiger partial charge in [-0.2, -0.15) is 0 Å². The average molecular weight is 485 g/mol. The molecule has 2 N–H and O–H groups in total. The van der Waals surface area contributed by atoms with Gasteiger partial charge in [0.05, 0.1) is 22.7 Å². The van der Waals surface area contributed by atoms with Crippen molar-refractivity contribution in [3.63, 3.8) is 0 Å². The van der Waals surface area contributed by atoms with E-state index in [0.29, 0.717) is 18.7 Å². The normalized spacial score (nSPS) is 13.0. The molecule has 10 heteroatoms. The summed E-state index contributed by atoms with van der Waals surface area (Å²) in [7, 11) is -4.06. The first-order valence-corrected chi connectivity index (χ1v) is 11.9. The van der Waals surface area contributed by atoms with Crippen LogP contribution in [0.5, 0.6) is 5.75 Å². The third kappa shape index (κ3) is 4.86. The molecule has 0 fully saturated rings. The number of fused-ring (bicyclic) bond motifs is 1. The summed E-state index contributed by atoms with van der Waals surface area (Å²) in [4.78, 5) is 23.4. The minimum absolute atomic E-state index is 0.0171. The van der Waals surface area contributed by atoms with Crippen molar-refractivity contribution in [1.29, 1.82) is 0 Å². The molecule has 3 aromatic carbocycles. The van der Waals surface area contributed by atoms with Crippen LogP contribution < -0.4 is 14.4 Å². The lowest BCUT2D eigenvalue weighted by Crippen LogP contribution is -2.38. The summed E-state index contributed by atoms with van der Waals surface area (Å²) in [5.41, 5.74) is 1.48. The van der Waals surface area contributed by atoms with Crippen molar-refractivity contribution in [2.24, 2.45) is 0 Å². The number of halogens is 1. The largest absolute Gasteiger partial charge is 0.489 e. The number of amides is 1. The van der Waals surface area contributed by atoms with Crippen LogP contribution >= 0.6 is 0 Å². The van der Waals surface area contributed by atoms with Gasteiger partial charge in [0.25, 0.3) is 15.9 Å². The molecule has 0 saturated heterocycles. The van der Waals surface area contributed by atoms with Gasteiger partial charge in [-0.05, 0) is 60.5 Å². The van der Waals surface area contributed by atoms with Gasteiger partial charge in [0.2, 0.25) is 0 Å². The molecule has 0 atom stereocenters. The third-order valence-corrected chi connectivity index (χ3v) is 7.14. The molecule has 1 heterocycles. The monoisotopic (exact) mass is 484 g/mol. The number of anilines is 1. The van der Waals surface area contributed by atoms with Gasteiger partial charge in [0.1, 0.15) is 18.2 Å². The summed E-state index contributed by atoms with van der Waals surface area (Å²) >= 11 is 0. The van der Waals surface area contributed by atoms with Crippen LogP contribution in [0.1, 0.15) is 26.3 Å². The van der Waals surface area contributed by atoms with Gasteiger partial charge >= 0.3 is 5.97 Å². The van der Waals surface area contributed by atoms with Gasteiger partial charge in [0, 0.05) is 12.1 Å². The molecule has 0 unspecified atom stereocenters. The molecule has 8 nitrogen and oxygen atoms in total. The fraction of sp³-hybridized carbons (Fsp3) is 0.167. The van der Waals surface area contributed by atoms with E-state index in [4.69, 9.17) is 9.84 Å². The van der Waals surface area contributed by atoms with E-state index < -0.39 is 27.7 Å². The van der Waals surface area contributed by atoms with Crippen LogP contribution in [0.15, 0.2) is 71.6 Å². The van der Waals surface area contributed by atoms with E-state index in [1.165, 1.54) is 42.5 Å². The maximum absolute atomic E-state index is 13.6. The Hall–Kier alpha value is -3.92. The molecule has 34 heavy (non-hydrogen) atoms. The number of nitrogens with one attached hydrogen (secondary N) is 1. The number of carbonyl (C=O) groups is 2. The van der Waals surface area contributed by atoms with Gasteiger partial charge in [-0.3, -0.25) is 9.10 Å². The zero-order valence-electron chi connectivity index (χ0n) is 17.9. The Bertz CT molecular complexity index is 1340. The lowest BCUT2D eigenvalue weighted by atomic mass is 10.1. The van der Waals surface area contributed by atoms with E-state index in [2.05, 4.69) is 5.32 Å². The highest BCUT2D eigenvalue weighted by Crippen LogP contribution is 2.36. The fourth-order valence-corrected chi connectivity index (χ4v) is 5.06. The molecule has 0 aliphatic carbocycles. The van der Waals surface area contributed by atoms with E-state index in [1.807, 2.05) is 0 Å². The predicted molar refractivity (Wildman–Crippen MR) is 122 cm³/mol. The molecule has 1 amide bonds. The van der Waals surface area contributed by atoms with Crippen molar-refractivity contribution < 1.29 is 32.2 Å². The summed E-state index contributed by atoms with van der Waals surface area (Å²) < 4.78 is 46.6. The van der Waals surface area contributed by atoms with Gasteiger partial charge in [-0.1, -0.05) is 18.2 Å². The highest BCUT2D eigenvalue weighted by Gasteiger charge is 2.31. The molecule has 0 saturated carbocycles. The van der Waals surface area contributed by atoms with E-state index in [9.17, 15) is 22.4 Å². The molecule has 0 radical (unpaired) electrons. The maximum Gasteiger partial charge on any atom is 0.335 e. The van der Waals surface area contributed by atoms with Crippen LogP contribution in [-0.4, -0.2) is 45.1 Å². The van der Waals surface area contributed by atoms with E-state index in [1.54, 1.807) is 12.1 Å². The summed E-state index contributed by atoms with van der Waals surface area (Å²) in [5, 5.41) is 11.7. The van der Waals surface area contributed by atoms with Crippen LogP contribution in [0.25, 0.3) is 0 Å². The van der Waals surface area contributed by atoms with Crippen LogP contribution in [0, 0.1) is 5.82 Å². The lowest BCUT2D eigenvalue weighted by Gasteiger charge is -2.30. The molecule has 4 rings (SSSR count). The van der Waals surface area contributed by atoms with E-state index >= 15 is 0 Å². The number of carboxylic acids is 1. The summed E-state index contributed by atoms with van der Waals surface area (Å²) in [6.07, 6.45) is 0.486. The first-order chi connectivity index (χ1) is 16.3. The number of benzene rings is 3. The predicted octanol–water partition coefficient (Wildman–Crippen LogP) is 3.08. The van der Waals surface area contributed by atoms with Crippen molar-refractivity contribution in [2.75, 3.05) is 24.0 Å². The number of aromatic carboxylic acids is 1. The molecule has 3 aromatic rings. The standard InChI is InChI=1S/C24H21FN2O6S/c25-19-2-1-3-20(15-19)34(31,32)27-12-13-33-22-9-8-18(14-21(22)27)23(28)26-11-10-16-4-6-17(7-5-16)24(29)30/h1-9,14-15H,10-13H2,(H,26,28)(H,29,30). The third-order valence-electron chi connectivity index (χ3n) is 5.33. The van der Waals surface area contributed by atoms with Crippen molar-refractivity contribution in [3.8, 4) is 5.75 Å². The SMILES string of the molecule is O=C(O)c1ccc(CCNC(=O)c2ccc3c(c2)N(S(=O)(=O)c2cccc(F)c2)CCO3)cc1. The second kappa shape index (κ2) is 9.52. The number of sulfonamides is 1. The summed E-state index contributed by atoms with van der Waals surface area (Å²) in [5.74, 6) is -1.77. The van der Waals surface area contributed by atoms with Crippen LogP contribution in [-0.2, 0) is 16.4 Å². The Labute approximate surface area is 195 Å². The number of hydrogen-bond acceptors (Lipinski definition) is 5. The van der Waals surface area contributed by atoms with Crippen molar-refractivity contribution in [2.45, 2.75) is 11.3 Å². The second-order valence-corrected chi connectivity index (χ2v) is 9.44. The molecule has 176 valence electrons. The van der Waals surface area contributed by atoms with Gasteiger partial charge in [0.15, 0.2) is 0 Å². The number of carbonyl (C=O) groups excluding carboxylic acids is 1. The topological polar surface area (TPSA) is 113 Å². The molecule has 0 aromatic heterocycles. The molecular formula is C24H21FN2O6S. The smallest absolute Gasteiger partial charge is 0.335 e. The number of nitrogens with zero attached hydrogens (tertiary/aromatic N) is 1. The first kappa shape index (κ1) is 23.2. The Morgan fingerprint density at radius 2 is 1.76 bits per heavy atom. The Morgan fingerprint density at radius 3 is 2.47 bits per heavy atom.